The van der Waals surface area contributed by atoms with Gasteiger partial charge in [-0.1, -0.05) is 0 Å². The summed E-state index contributed by atoms with van der Waals surface area (Å²) in [5, 5.41) is 0. The fraction of sp³-hybridized carbons (Fsp3) is 1.00. The molecule has 5 heavy (non-hydrogen) atoms. The summed E-state index contributed by atoms with van der Waals surface area (Å²) in [5.74, 6) is 0. The zero-order chi connectivity index (χ0) is 3.91. The molecule has 0 heterocycles. The predicted molar refractivity (Wildman–Crippen MR) is 26.6 cm³/mol. The van der Waals surface area contributed by atoms with Crippen molar-refractivity contribution in [2.45, 2.75) is 15.8 Å². The molecule has 1 fully saturated rings. The molecular formula is C3H4BrLi. The van der Waals surface area contributed by atoms with Crippen LogP contribution in [0.15, 0.2) is 0 Å². The topological polar surface area (TPSA) is 0 Å². The maximum atomic E-state index is 3.49. The maximum absolute atomic E-state index is 3.49. The molecule has 1 aliphatic rings. The Morgan fingerprint density at radius 3 is 1.80 bits per heavy atom. The van der Waals surface area contributed by atoms with Crippen LogP contribution in [0.4, 0.5) is 0 Å². The molecule has 2 heteroatoms. The number of halogens is 1. The third kappa shape index (κ3) is 1.30. The van der Waals surface area contributed by atoms with Crippen LogP contribution in [0.3, 0.4) is 0 Å². The molecule has 0 radical (unpaired) electrons. The summed E-state index contributed by atoms with van der Waals surface area (Å²) < 4.78 is 0.562. The molecule has 0 amide bonds. The van der Waals surface area contributed by atoms with Gasteiger partial charge in [-0.15, -0.1) is 0 Å². The van der Waals surface area contributed by atoms with Gasteiger partial charge in [0, 0.05) is 0 Å². The van der Waals surface area contributed by atoms with E-state index in [2.05, 4.69) is 33.6 Å². The average Bonchev–Trinajstić information content (AvgIpc) is 1.76. The van der Waals surface area contributed by atoms with Crippen LogP contribution in [0.1, 0.15) is 12.8 Å². The summed E-state index contributed by atoms with van der Waals surface area (Å²) in [5.41, 5.74) is 0. The predicted octanol–water partition coefficient (Wildman–Crippen LogP) is 1.04. The van der Waals surface area contributed by atoms with Gasteiger partial charge in [0.2, 0.25) is 0 Å². The molecule has 0 unspecified atom stereocenters. The summed E-state index contributed by atoms with van der Waals surface area (Å²) in [4.78, 5) is 0. The summed E-state index contributed by atoms with van der Waals surface area (Å²) in [7, 11) is 0. The molecule has 0 aromatic heterocycles. The molecule has 0 aromatic carbocycles. The van der Waals surface area contributed by atoms with Crippen LogP contribution in [-0.2, 0) is 0 Å². The number of rotatable bonds is 0. The van der Waals surface area contributed by atoms with E-state index in [1.165, 1.54) is 12.8 Å². The van der Waals surface area contributed by atoms with Crippen LogP contribution < -0.4 is 0 Å². The van der Waals surface area contributed by atoms with Crippen LogP contribution in [0.5, 0.6) is 0 Å². The molecule has 0 bridgehead atoms. The van der Waals surface area contributed by atoms with Crippen molar-refractivity contribution in [3.8, 4) is 0 Å². The van der Waals surface area contributed by atoms with Gasteiger partial charge >= 0.3 is 49.5 Å². The summed E-state index contributed by atoms with van der Waals surface area (Å²) in [6.45, 7) is 0. The average molecular weight is 127 g/mol. The molecule has 0 spiro atoms. The number of hydrogen-bond acceptors (Lipinski definition) is 0. The Kier molecular flexibility index (Phi) is 0.869. The van der Waals surface area contributed by atoms with Gasteiger partial charge in [-0.05, 0) is 0 Å². The van der Waals surface area contributed by atoms with Crippen molar-refractivity contribution in [3.63, 3.8) is 0 Å². The molecule has 0 aromatic rings. The van der Waals surface area contributed by atoms with Crippen LogP contribution in [0.25, 0.3) is 0 Å². The van der Waals surface area contributed by atoms with Crippen molar-refractivity contribution in [2.75, 3.05) is 0 Å². The van der Waals surface area contributed by atoms with Crippen molar-refractivity contribution in [1.82, 2.24) is 0 Å². The van der Waals surface area contributed by atoms with Crippen LogP contribution >= 0.6 is 15.9 Å². The van der Waals surface area contributed by atoms with E-state index in [0.717, 1.165) is 0 Å². The fourth-order valence-corrected chi connectivity index (χ4v) is 0.370. The van der Waals surface area contributed by atoms with E-state index in [1.807, 2.05) is 0 Å². The van der Waals surface area contributed by atoms with E-state index in [0.29, 0.717) is 3.00 Å². The van der Waals surface area contributed by atoms with Crippen LogP contribution in [-0.4, -0.2) is 20.7 Å². The van der Waals surface area contributed by atoms with Gasteiger partial charge in [0.05, 0.1) is 0 Å². The van der Waals surface area contributed by atoms with Crippen molar-refractivity contribution in [1.29, 1.82) is 0 Å². The Labute approximate surface area is 49.7 Å². The Hall–Kier alpha value is 1.08. The minimum absolute atomic E-state index is 0.562. The zero-order valence-electron chi connectivity index (χ0n) is 3.29. The van der Waals surface area contributed by atoms with Crippen molar-refractivity contribution < 1.29 is 0 Å². The first-order valence-corrected chi connectivity index (χ1v) is 2.69. The quantitative estimate of drug-likeness (QED) is 0.336. The third-order valence-corrected chi connectivity index (χ3v) is 1.73. The second kappa shape index (κ2) is 1.02. The molecule has 0 nitrogen and oxygen atoms in total. The SMILES string of the molecule is [Li][C]1(Br)CC1. The van der Waals surface area contributed by atoms with Gasteiger partial charge in [0.25, 0.3) is 0 Å². The van der Waals surface area contributed by atoms with E-state index >= 15 is 0 Å². The number of alkyl halides is 1. The molecule has 0 atom stereocenters. The first-order valence-electron chi connectivity index (χ1n) is 1.90. The molecule has 0 aliphatic heterocycles. The van der Waals surface area contributed by atoms with Crippen LogP contribution in [0, 0.1) is 0 Å². The normalized spacial score (nSPS) is 30.2. The van der Waals surface area contributed by atoms with Crippen molar-refractivity contribution in [2.24, 2.45) is 0 Å². The molecular weight excluding hydrogens is 123 g/mol. The Bertz CT molecular complexity index is 44.9. The molecule has 1 saturated carbocycles. The summed E-state index contributed by atoms with van der Waals surface area (Å²) >= 11 is 5.70. The standard InChI is InChI=1S/C3H4Br.Li/c4-3-1-2-3;/h1-2H2;. The van der Waals surface area contributed by atoms with Crippen LogP contribution in [0.2, 0.25) is 0 Å². The molecule has 1 aliphatic carbocycles. The first kappa shape index (κ1) is 4.24. The second-order valence-electron chi connectivity index (χ2n) is 1.91. The number of hydrogen-bond donors (Lipinski definition) is 0. The van der Waals surface area contributed by atoms with Gasteiger partial charge in [-0.3, -0.25) is 0 Å². The monoisotopic (exact) mass is 126 g/mol. The summed E-state index contributed by atoms with van der Waals surface area (Å²) in [6, 6.07) is 0. The second-order valence-corrected chi connectivity index (χ2v) is 3.83. The van der Waals surface area contributed by atoms with Crippen molar-refractivity contribution in [3.05, 3.63) is 0 Å². The van der Waals surface area contributed by atoms with E-state index in [9.17, 15) is 0 Å². The Morgan fingerprint density at radius 1 is 1.60 bits per heavy atom. The fourth-order valence-electron chi connectivity index (χ4n) is 0.172. The van der Waals surface area contributed by atoms with Gasteiger partial charge in [0.15, 0.2) is 0 Å². The van der Waals surface area contributed by atoms with Crippen molar-refractivity contribution >= 4 is 33.6 Å². The van der Waals surface area contributed by atoms with Gasteiger partial charge in [0.1, 0.15) is 0 Å². The first-order chi connectivity index (χ1) is 2.21. The Morgan fingerprint density at radius 2 is 1.80 bits per heavy atom. The summed E-state index contributed by atoms with van der Waals surface area (Å²) in [6.07, 6.45) is 2.74. The van der Waals surface area contributed by atoms with E-state index in [-0.39, 0.29) is 0 Å². The molecule has 0 N–H and O–H groups in total. The third-order valence-electron chi connectivity index (χ3n) is 0.939. The Balaban J connectivity index is 2.38. The van der Waals surface area contributed by atoms with E-state index in [4.69, 9.17) is 0 Å². The zero-order valence-corrected chi connectivity index (χ0v) is 4.88. The van der Waals surface area contributed by atoms with E-state index in [1.54, 1.807) is 0 Å². The van der Waals surface area contributed by atoms with Gasteiger partial charge in [-0.25, -0.2) is 0 Å². The van der Waals surface area contributed by atoms with Gasteiger partial charge < -0.3 is 0 Å². The van der Waals surface area contributed by atoms with E-state index < -0.39 is 0 Å². The minimum atomic E-state index is 0.562. The molecule has 0 saturated heterocycles. The molecule has 1 rings (SSSR count). The molecule has 24 valence electrons. The van der Waals surface area contributed by atoms with Gasteiger partial charge in [-0.2, -0.15) is 0 Å².